The highest BCUT2D eigenvalue weighted by molar-refractivity contribution is 5.82. The smallest absolute Gasteiger partial charge is 0.434 e. The van der Waals surface area contributed by atoms with E-state index in [9.17, 15) is 9.59 Å². The number of rotatable bonds is 7. The van der Waals surface area contributed by atoms with E-state index in [0.717, 1.165) is 10.6 Å². The van der Waals surface area contributed by atoms with Crippen LogP contribution in [0.4, 0.5) is 4.79 Å². The SMILES string of the molecule is CCOC(=O)/C=C/[C@H](C)N(OC)C(=O)OCc1ccccc1. The number of hydrogen-bond donors (Lipinski definition) is 0. The summed E-state index contributed by atoms with van der Waals surface area (Å²) in [6.07, 6.45) is 2.13. The number of nitrogens with zero attached hydrogens (tertiary/aromatic N) is 1. The Kier molecular flexibility index (Phi) is 7.70. The molecule has 6 heteroatoms. The molecule has 0 fully saturated rings. The number of esters is 1. The number of ether oxygens (including phenoxy) is 2. The molecule has 1 atom stereocenters. The average Bonchev–Trinajstić information content (AvgIpc) is 2.53. The third kappa shape index (κ3) is 5.97. The van der Waals surface area contributed by atoms with Crippen molar-refractivity contribution in [3.8, 4) is 0 Å². The van der Waals surface area contributed by atoms with Gasteiger partial charge in [-0.25, -0.2) is 9.59 Å². The third-order valence-corrected chi connectivity index (χ3v) is 2.75. The number of hydroxylamine groups is 2. The second-order valence-corrected chi connectivity index (χ2v) is 4.40. The Bertz CT molecular complexity index is 501. The predicted molar refractivity (Wildman–Crippen MR) is 80.7 cm³/mol. The molecule has 22 heavy (non-hydrogen) atoms. The second kappa shape index (κ2) is 9.57. The van der Waals surface area contributed by atoms with Crippen LogP contribution in [-0.2, 0) is 25.7 Å². The molecule has 0 spiro atoms. The summed E-state index contributed by atoms with van der Waals surface area (Å²) in [4.78, 5) is 28.3. The fourth-order valence-electron chi connectivity index (χ4n) is 1.68. The van der Waals surface area contributed by atoms with Crippen LogP contribution in [-0.4, -0.2) is 36.9 Å². The molecular formula is C16H21NO5. The molecule has 0 aliphatic heterocycles. The highest BCUT2D eigenvalue weighted by atomic mass is 16.7. The molecule has 0 bridgehead atoms. The van der Waals surface area contributed by atoms with Crippen molar-refractivity contribution >= 4 is 12.1 Å². The molecular weight excluding hydrogens is 286 g/mol. The molecule has 1 aromatic rings. The topological polar surface area (TPSA) is 65.1 Å². The molecule has 0 radical (unpaired) electrons. The normalized spacial score (nSPS) is 12.0. The highest BCUT2D eigenvalue weighted by Gasteiger charge is 2.20. The van der Waals surface area contributed by atoms with Gasteiger partial charge in [0.15, 0.2) is 0 Å². The van der Waals surface area contributed by atoms with Crippen molar-refractivity contribution < 1.29 is 23.9 Å². The standard InChI is InChI=1S/C16H21NO5/c1-4-21-15(18)11-10-13(2)17(20-3)16(19)22-12-14-8-6-5-7-9-14/h5-11,13H,4,12H2,1-3H3/b11-10+/t13-/m0/s1. The van der Waals surface area contributed by atoms with Crippen molar-refractivity contribution in [2.24, 2.45) is 0 Å². The first-order chi connectivity index (χ1) is 10.6. The number of amides is 1. The maximum Gasteiger partial charge on any atom is 0.434 e. The van der Waals surface area contributed by atoms with Crippen LogP contribution in [0.3, 0.4) is 0 Å². The first-order valence-electron chi connectivity index (χ1n) is 6.97. The molecule has 1 rings (SSSR count). The van der Waals surface area contributed by atoms with Crippen LogP contribution >= 0.6 is 0 Å². The van der Waals surface area contributed by atoms with Gasteiger partial charge in [-0.1, -0.05) is 36.4 Å². The minimum atomic E-state index is -0.632. The summed E-state index contributed by atoms with van der Waals surface area (Å²) in [7, 11) is 1.36. The molecule has 0 aliphatic rings. The largest absolute Gasteiger partial charge is 0.463 e. The van der Waals surface area contributed by atoms with E-state index in [-0.39, 0.29) is 6.61 Å². The monoisotopic (exact) mass is 307 g/mol. The Labute approximate surface area is 130 Å². The maximum atomic E-state index is 12.0. The summed E-state index contributed by atoms with van der Waals surface area (Å²) >= 11 is 0. The van der Waals surface area contributed by atoms with Gasteiger partial charge >= 0.3 is 12.1 Å². The highest BCUT2D eigenvalue weighted by Crippen LogP contribution is 2.07. The molecule has 0 aromatic heterocycles. The number of carbonyl (C=O) groups is 2. The van der Waals surface area contributed by atoms with Crippen molar-refractivity contribution in [2.45, 2.75) is 26.5 Å². The van der Waals surface area contributed by atoms with Crippen LogP contribution < -0.4 is 0 Å². The molecule has 0 unspecified atom stereocenters. The van der Waals surface area contributed by atoms with Gasteiger partial charge in [0, 0.05) is 6.08 Å². The number of benzene rings is 1. The van der Waals surface area contributed by atoms with E-state index in [0.29, 0.717) is 6.61 Å². The van der Waals surface area contributed by atoms with Gasteiger partial charge in [0.25, 0.3) is 0 Å². The maximum absolute atomic E-state index is 12.0. The number of carbonyl (C=O) groups excluding carboxylic acids is 2. The first kappa shape index (κ1) is 17.7. The van der Waals surface area contributed by atoms with E-state index < -0.39 is 18.1 Å². The lowest BCUT2D eigenvalue weighted by atomic mass is 10.2. The molecule has 1 amide bonds. The van der Waals surface area contributed by atoms with Crippen LogP contribution in [0, 0.1) is 0 Å². The van der Waals surface area contributed by atoms with Gasteiger partial charge in [-0.05, 0) is 19.4 Å². The van der Waals surface area contributed by atoms with Crippen LogP contribution in [0.25, 0.3) is 0 Å². The molecule has 0 saturated heterocycles. The van der Waals surface area contributed by atoms with Crippen molar-refractivity contribution in [1.29, 1.82) is 0 Å². The quantitative estimate of drug-likeness (QED) is 0.440. The Hall–Kier alpha value is -2.34. The molecule has 0 heterocycles. The zero-order chi connectivity index (χ0) is 16.4. The molecule has 1 aromatic carbocycles. The van der Waals surface area contributed by atoms with Gasteiger partial charge in [-0.2, -0.15) is 5.06 Å². The second-order valence-electron chi connectivity index (χ2n) is 4.40. The van der Waals surface area contributed by atoms with E-state index in [1.807, 2.05) is 30.3 Å². The Morgan fingerprint density at radius 3 is 2.50 bits per heavy atom. The minimum absolute atomic E-state index is 0.147. The van der Waals surface area contributed by atoms with Crippen LogP contribution in [0.1, 0.15) is 19.4 Å². The lowest BCUT2D eigenvalue weighted by Crippen LogP contribution is -2.37. The van der Waals surface area contributed by atoms with Gasteiger partial charge in [0.2, 0.25) is 0 Å². The van der Waals surface area contributed by atoms with E-state index in [4.69, 9.17) is 14.3 Å². The zero-order valence-corrected chi connectivity index (χ0v) is 13.0. The Balaban J connectivity index is 2.54. The summed E-state index contributed by atoms with van der Waals surface area (Å²) in [6, 6.07) is 8.85. The van der Waals surface area contributed by atoms with Crippen molar-refractivity contribution in [3.05, 3.63) is 48.0 Å². The molecule has 6 nitrogen and oxygen atoms in total. The number of hydrogen-bond acceptors (Lipinski definition) is 5. The van der Waals surface area contributed by atoms with Gasteiger partial charge in [-0.3, -0.25) is 4.84 Å². The fourth-order valence-corrected chi connectivity index (χ4v) is 1.68. The van der Waals surface area contributed by atoms with Gasteiger partial charge in [-0.15, -0.1) is 0 Å². The molecule has 0 aliphatic carbocycles. The van der Waals surface area contributed by atoms with E-state index >= 15 is 0 Å². The predicted octanol–water partition coefficient (Wildman–Crippen LogP) is 2.69. The lowest BCUT2D eigenvalue weighted by molar-refractivity contribution is -0.137. The molecule has 0 N–H and O–H groups in total. The van der Waals surface area contributed by atoms with Crippen LogP contribution in [0.5, 0.6) is 0 Å². The Morgan fingerprint density at radius 1 is 1.23 bits per heavy atom. The van der Waals surface area contributed by atoms with Gasteiger partial charge in [0.1, 0.15) is 6.61 Å². The third-order valence-electron chi connectivity index (χ3n) is 2.75. The first-order valence-corrected chi connectivity index (χ1v) is 6.97. The van der Waals surface area contributed by atoms with E-state index in [1.54, 1.807) is 13.8 Å². The Morgan fingerprint density at radius 2 is 1.91 bits per heavy atom. The van der Waals surface area contributed by atoms with Crippen LogP contribution in [0.2, 0.25) is 0 Å². The fraction of sp³-hybridized carbons (Fsp3) is 0.375. The summed E-state index contributed by atoms with van der Waals surface area (Å²) < 4.78 is 9.94. The average molecular weight is 307 g/mol. The van der Waals surface area contributed by atoms with E-state index in [2.05, 4.69) is 0 Å². The summed E-state index contributed by atoms with van der Waals surface area (Å²) in [5, 5.41) is 1.04. The van der Waals surface area contributed by atoms with E-state index in [1.165, 1.54) is 19.3 Å². The van der Waals surface area contributed by atoms with Gasteiger partial charge < -0.3 is 9.47 Å². The molecule has 120 valence electrons. The summed E-state index contributed by atoms with van der Waals surface area (Å²) in [5.74, 6) is -0.469. The zero-order valence-electron chi connectivity index (χ0n) is 13.0. The van der Waals surface area contributed by atoms with Crippen LogP contribution in [0.15, 0.2) is 42.5 Å². The minimum Gasteiger partial charge on any atom is -0.463 e. The lowest BCUT2D eigenvalue weighted by Gasteiger charge is -2.23. The summed E-state index contributed by atoms with van der Waals surface area (Å²) in [5.41, 5.74) is 0.877. The van der Waals surface area contributed by atoms with Crippen molar-refractivity contribution in [3.63, 3.8) is 0 Å². The molecule has 0 saturated carbocycles. The van der Waals surface area contributed by atoms with Gasteiger partial charge in [0.05, 0.1) is 19.8 Å². The summed E-state index contributed by atoms with van der Waals surface area (Å²) in [6.45, 7) is 3.86. The van der Waals surface area contributed by atoms with Crippen molar-refractivity contribution in [1.82, 2.24) is 5.06 Å². The van der Waals surface area contributed by atoms with Crippen molar-refractivity contribution in [2.75, 3.05) is 13.7 Å².